The predicted molar refractivity (Wildman–Crippen MR) is 337 cm³/mol. The van der Waals surface area contributed by atoms with Crippen molar-refractivity contribution in [1.82, 2.24) is 0 Å². The van der Waals surface area contributed by atoms with E-state index in [2.05, 4.69) is 300 Å². The van der Waals surface area contributed by atoms with Crippen molar-refractivity contribution in [3.63, 3.8) is 0 Å². The zero-order valence-electron chi connectivity index (χ0n) is 46.1. The highest BCUT2D eigenvalue weighted by atomic mass is 32.3. The average Bonchev–Trinajstić information content (AvgIpc) is 3.57. The van der Waals surface area contributed by atoms with Gasteiger partial charge in [-0.1, -0.05) is 177 Å². The molecule has 2 aliphatic heterocycles. The average molecular weight is 1030 g/mol. The standard InChI is InChI=1S/C72H59BN2S.C2H6/c1-48-39-50(3)70(51(4)40-48)55-35-37-66-64(44-55)73-65-45-56(71-52(5)41-49(2)42-53(71)6)36-38-67(65)75(59-26-14-8-15-27-59)69-47-57(46-68(72(69)73)74(66)58-24-12-7-13-25-58)54-23-22-34-63(43-54)76(60-28-16-9-17-29-60,61-30-18-10-19-31-61)62-32-20-11-21-33-62;1-2/h7-47H,1-6H3;1-2H3. The Morgan fingerprint density at radius 3 is 1.04 bits per heavy atom. The Bertz CT molecular complexity index is 3690. The maximum absolute atomic E-state index is 2.55. The van der Waals surface area contributed by atoms with E-state index in [0.717, 1.165) is 16.9 Å². The molecule has 78 heavy (non-hydrogen) atoms. The fraction of sp³-hybridized carbons (Fsp3) is 0.108. The molecule has 0 N–H and O–H groups in total. The minimum absolute atomic E-state index is 0.0846. The van der Waals surface area contributed by atoms with Gasteiger partial charge in [-0.15, -0.1) is 10.0 Å². The molecule has 380 valence electrons. The third-order valence-corrected chi connectivity index (χ3v) is 19.7. The summed E-state index contributed by atoms with van der Waals surface area (Å²) in [7, 11) is -1.95. The van der Waals surface area contributed by atoms with E-state index in [0.29, 0.717) is 0 Å². The van der Waals surface area contributed by atoms with Crippen LogP contribution >= 0.6 is 10.0 Å². The summed E-state index contributed by atoms with van der Waals surface area (Å²) in [5, 5.41) is 0. The zero-order chi connectivity index (χ0) is 53.7. The van der Waals surface area contributed by atoms with Crippen LogP contribution in [0.1, 0.15) is 47.2 Å². The third kappa shape index (κ3) is 8.47. The van der Waals surface area contributed by atoms with Gasteiger partial charge in [0.15, 0.2) is 0 Å². The molecule has 0 fully saturated rings. The van der Waals surface area contributed by atoms with Crippen LogP contribution in [-0.4, -0.2) is 6.71 Å². The zero-order valence-corrected chi connectivity index (χ0v) is 46.9. The molecule has 0 aromatic heterocycles. The molecule has 2 heterocycles. The summed E-state index contributed by atoms with van der Waals surface area (Å²) in [4.78, 5) is 10.3. The smallest absolute Gasteiger partial charge is 0.252 e. The quantitative estimate of drug-likeness (QED) is 0.133. The van der Waals surface area contributed by atoms with Gasteiger partial charge >= 0.3 is 0 Å². The second-order valence-electron chi connectivity index (χ2n) is 20.9. The molecular formula is C74H65BN2S. The topological polar surface area (TPSA) is 6.48 Å². The van der Waals surface area contributed by atoms with Crippen molar-refractivity contribution in [2.45, 2.75) is 75.0 Å². The fourth-order valence-electron chi connectivity index (χ4n) is 13.0. The minimum atomic E-state index is -1.95. The van der Waals surface area contributed by atoms with E-state index in [1.165, 1.54) is 120 Å². The Labute approximate surface area is 464 Å². The number of fused-ring (bicyclic) bond motifs is 4. The molecule has 0 saturated carbocycles. The van der Waals surface area contributed by atoms with E-state index in [1.807, 2.05) is 13.8 Å². The van der Waals surface area contributed by atoms with Crippen molar-refractivity contribution in [2.24, 2.45) is 0 Å². The normalized spacial score (nSPS) is 12.5. The van der Waals surface area contributed by atoms with Gasteiger partial charge in [0.25, 0.3) is 6.71 Å². The van der Waals surface area contributed by atoms with E-state index < -0.39 is 10.0 Å². The molecule has 0 unspecified atom stereocenters. The van der Waals surface area contributed by atoms with Gasteiger partial charge in [-0.3, -0.25) is 0 Å². The summed E-state index contributed by atoms with van der Waals surface area (Å²) >= 11 is 0. The molecule has 11 aromatic rings. The first-order valence-corrected chi connectivity index (χ1v) is 29.2. The lowest BCUT2D eigenvalue weighted by Gasteiger charge is -2.45. The van der Waals surface area contributed by atoms with Crippen LogP contribution in [0.15, 0.2) is 268 Å². The molecule has 0 amide bonds. The summed E-state index contributed by atoms with van der Waals surface area (Å²) in [6, 6.07) is 94.0. The number of hydrogen-bond acceptors (Lipinski definition) is 2. The fourth-order valence-corrected chi connectivity index (χ4v) is 16.9. The Balaban J connectivity index is 0.00000301. The Hall–Kier alpha value is -8.57. The van der Waals surface area contributed by atoms with Crippen LogP contribution in [0, 0.1) is 41.5 Å². The van der Waals surface area contributed by atoms with Gasteiger partial charge in [0, 0.05) is 53.7 Å². The first-order chi connectivity index (χ1) is 38.2. The van der Waals surface area contributed by atoms with Crippen LogP contribution in [0.5, 0.6) is 0 Å². The van der Waals surface area contributed by atoms with Gasteiger partial charge in [0.2, 0.25) is 0 Å². The highest BCUT2D eigenvalue weighted by Crippen LogP contribution is 2.73. The molecule has 0 aliphatic carbocycles. The molecule has 0 saturated heterocycles. The molecule has 2 nitrogen and oxygen atoms in total. The molecule has 0 spiro atoms. The summed E-state index contributed by atoms with van der Waals surface area (Å²) in [5.74, 6) is 0. The van der Waals surface area contributed by atoms with E-state index >= 15 is 0 Å². The highest BCUT2D eigenvalue weighted by molar-refractivity contribution is 8.34. The Morgan fingerprint density at radius 2 is 0.654 bits per heavy atom. The maximum Gasteiger partial charge on any atom is 0.252 e. The lowest BCUT2D eigenvalue weighted by Crippen LogP contribution is -2.61. The van der Waals surface area contributed by atoms with Crippen molar-refractivity contribution >= 4 is 67.3 Å². The second kappa shape index (κ2) is 20.8. The maximum atomic E-state index is 2.55. The van der Waals surface area contributed by atoms with Crippen LogP contribution in [0.2, 0.25) is 0 Å². The first kappa shape index (κ1) is 50.3. The molecule has 2 aliphatic rings. The number of hydrogen-bond donors (Lipinski definition) is 0. The summed E-state index contributed by atoms with van der Waals surface area (Å²) < 4.78 is 0. The molecular weight excluding hydrogens is 960 g/mol. The number of para-hydroxylation sites is 2. The molecule has 11 aromatic carbocycles. The molecule has 4 heteroatoms. The first-order valence-electron chi connectivity index (χ1n) is 27.6. The van der Waals surface area contributed by atoms with Crippen molar-refractivity contribution in [2.75, 3.05) is 9.80 Å². The van der Waals surface area contributed by atoms with Crippen molar-refractivity contribution in [3.05, 3.63) is 282 Å². The number of aryl methyl sites for hydroxylation is 6. The van der Waals surface area contributed by atoms with E-state index in [9.17, 15) is 0 Å². The largest absolute Gasteiger partial charge is 0.311 e. The van der Waals surface area contributed by atoms with Gasteiger partial charge in [0.1, 0.15) is 0 Å². The Morgan fingerprint density at radius 1 is 0.295 bits per heavy atom. The number of rotatable bonds is 9. The van der Waals surface area contributed by atoms with Crippen LogP contribution in [0.4, 0.5) is 34.1 Å². The van der Waals surface area contributed by atoms with Crippen molar-refractivity contribution < 1.29 is 0 Å². The van der Waals surface area contributed by atoms with Crippen molar-refractivity contribution in [3.8, 4) is 33.4 Å². The highest BCUT2D eigenvalue weighted by Gasteiger charge is 2.44. The van der Waals surface area contributed by atoms with Gasteiger partial charge in [-0.25, -0.2) is 0 Å². The Kier molecular flexibility index (Phi) is 13.4. The summed E-state index contributed by atoms with van der Waals surface area (Å²) in [5.41, 5.74) is 26.1. The molecule has 0 radical (unpaired) electrons. The van der Waals surface area contributed by atoms with Gasteiger partial charge in [-0.2, -0.15) is 0 Å². The van der Waals surface area contributed by atoms with Gasteiger partial charge in [-0.05, 0) is 211 Å². The third-order valence-electron chi connectivity index (χ3n) is 15.8. The molecule has 0 bridgehead atoms. The number of anilines is 6. The van der Waals surface area contributed by atoms with Crippen LogP contribution in [0.25, 0.3) is 33.4 Å². The van der Waals surface area contributed by atoms with E-state index in [-0.39, 0.29) is 6.71 Å². The van der Waals surface area contributed by atoms with Crippen LogP contribution in [-0.2, 0) is 0 Å². The van der Waals surface area contributed by atoms with Crippen LogP contribution in [0.3, 0.4) is 0 Å². The van der Waals surface area contributed by atoms with E-state index in [4.69, 9.17) is 0 Å². The monoisotopic (exact) mass is 1020 g/mol. The lowest BCUT2D eigenvalue weighted by atomic mass is 9.33. The SMILES string of the molecule is CC.Cc1cc(C)c(-c2ccc3c(c2)B2c4cc(-c5c(C)cc(C)cc5C)ccc4N(c4ccccc4)c4cc(-c5cccc(S(c6ccccc6)(c6ccccc6)c6ccccc6)c5)cc(c42)N3c2ccccc2)c(C)c1. The lowest BCUT2D eigenvalue weighted by molar-refractivity contribution is 1.24. The number of benzene rings is 11. The second-order valence-corrected chi connectivity index (χ2v) is 24.0. The number of nitrogens with zero attached hydrogens (tertiary/aromatic N) is 2. The van der Waals surface area contributed by atoms with Gasteiger partial charge in [0.05, 0.1) is 0 Å². The predicted octanol–water partition coefficient (Wildman–Crippen LogP) is 19.0. The van der Waals surface area contributed by atoms with Crippen molar-refractivity contribution in [1.29, 1.82) is 0 Å². The summed E-state index contributed by atoms with van der Waals surface area (Å²) in [6.07, 6.45) is 0. The van der Waals surface area contributed by atoms with Crippen LogP contribution < -0.4 is 26.2 Å². The summed E-state index contributed by atoms with van der Waals surface area (Å²) in [6.45, 7) is 17.4. The van der Waals surface area contributed by atoms with Gasteiger partial charge < -0.3 is 9.80 Å². The molecule has 13 rings (SSSR count). The molecule has 0 atom stereocenters. The van der Waals surface area contributed by atoms with E-state index in [1.54, 1.807) is 0 Å². The minimum Gasteiger partial charge on any atom is -0.311 e.